The summed E-state index contributed by atoms with van der Waals surface area (Å²) in [6, 6.07) is 9.07. The van der Waals surface area contributed by atoms with Crippen LogP contribution in [-0.4, -0.2) is 4.98 Å². The van der Waals surface area contributed by atoms with E-state index in [0.29, 0.717) is 5.75 Å². The molecule has 0 bridgehead atoms. The smallest absolute Gasteiger partial charge is 0.185 e. The zero-order valence-corrected chi connectivity index (χ0v) is 8.72. The summed E-state index contributed by atoms with van der Waals surface area (Å²) >= 11 is 0. The highest BCUT2D eigenvalue weighted by Crippen LogP contribution is 2.29. The van der Waals surface area contributed by atoms with E-state index in [0.717, 1.165) is 0 Å². The van der Waals surface area contributed by atoms with Crippen molar-refractivity contribution in [3.63, 3.8) is 0 Å². The summed E-state index contributed by atoms with van der Waals surface area (Å²) in [6.45, 7) is 0. The van der Waals surface area contributed by atoms with E-state index in [1.807, 2.05) is 6.07 Å². The minimum atomic E-state index is -0.555. The number of hydrogen-bond acceptors (Lipinski definition) is 4. The minimum absolute atomic E-state index is 0.0532. The highest BCUT2D eigenvalue weighted by molar-refractivity contribution is 5.54. The van der Waals surface area contributed by atoms with E-state index < -0.39 is 5.82 Å². The van der Waals surface area contributed by atoms with Crippen molar-refractivity contribution < 1.29 is 9.13 Å². The van der Waals surface area contributed by atoms with Crippen molar-refractivity contribution in [1.29, 1.82) is 5.26 Å². The van der Waals surface area contributed by atoms with E-state index >= 15 is 0 Å². The summed E-state index contributed by atoms with van der Waals surface area (Å²) in [7, 11) is 0. The Morgan fingerprint density at radius 1 is 1.35 bits per heavy atom. The van der Waals surface area contributed by atoms with Crippen LogP contribution in [-0.2, 0) is 0 Å². The highest BCUT2D eigenvalue weighted by Gasteiger charge is 2.08. The number of pyridine rings is 1. The second kappa shape index (κ2) is 4.49. The first-order valence-electron chi connectivity index (χ1n) is 4.78. The molecule has 0 fully saturated rings. The molecule has 0 saturated heterocycles. The Balaban J connectivity index is 2.35. The van der Waals surface area contributed by atoms with Gasteiger partial charge in [0.2, 0.25) is 0 Å². The Morgan fingerprint density at radius 3 is 2.88 bits per heavy atom. The van der Waals surface area contributed by atoms with Crippen LogP contribution >= 0.6 is 0 Å². The summed E-state index contributed by atoms with van der Waals surface area (Å²) in [5.74, 6) is -0.295. The maximum Gasteiger partial charge on any atom is 0.185 e. The molecule has 0 aliphatic rings. The van der Waals surface area contributed by atoms with Gasteiger partial charge in [0.25, 0.3) is 0 Å². The summed E-state index contributed by atoms with van der Waals surface area (Å²) in [4.78, 5) is 3.78. The SMILES string of the molecule is N#Cc1cc(Oc2c(N)cccc2F)ccn1. The van der Waals surface area contributed by atoms with E-state index in [1.54, 1.807) is 0 Å². The number of benzene rings is 1. The normalized spacial score (nSPS) is 9.65. The predicted octanol–water partition coefficient (Wildman–Crippen LogP) is 2.47. The van der Waals surface area contributed by atoms with Gasteiger partial charge in [0.05, 0.1) is 5.69 Å². The zero-order chi connectivity index (χ0) is 12.3. The minimum Gasteiger partial charge on any atom is -0.452 e. The van der Waals surface area contributed by atoms with Gasteiger partial charge in [-0.3, -0.25) is 0 Å². The Morgan fingerprint density at radius 2 is 2.18 bits per heavy atom. The first-order chi connectivity index (χ1) is 8.20. The molecule has 0 amide bonds. The molecular formula is C12H8FN3O. The molecule has 2 N–H and O–H groups in total. The van der Waals surface area contributed by atoms with Crippen LogP contribution in [0.3, 0.4) is 0 Å². The fourth-order valence-corrected chi connectivity index (χ4v) is 1.29. The number of para-hydroxylation sites is 1. The Hall–Kier alpha value is -2.61. The van der Waals surface area contributed by atoms with Crippen molar-refractivity contribution in [1.82, 2.24) is 4.98 Å². The van der Waals surface area contributed by atoms with Crippen molar-refractivity contribution in [3.8, 4) is 17.6 Å². The molecule has 0 saturated carbocycles. The lowest BCUT2D eigenvalue weighted by Crippen LogP contribution is -1.95. The second-order valence-electron chi connectivity index (χ2n) is 3.25. The molecule has 4 nitrogen and oxygen atoms in total. The molecule has 0 radical (unpaired) electrons. The van der Waals surface area contributed by atoms with Gasteiger partial charge in [-0.25, -0.2) is 9.37 Å². The van der Waals surface area contributed by atoms with E-state index in [9.17, 15) is 4.39 Å². The maximum absolute atomic E-state index is 13.4. The van der Waals surface area contributed by atoms with Gasteiger partial charge < -0.3 is 10.5 Å². The molecule has 2 aromatic rings. The van der Waals surface area contributed by atoms with Gasteiger partial charge >= 0.3 is 0 Å². The fraction of sp³-hybridized carbons (Fsp3) is 0. The van der Waals surface area contributed by atoms with Crippen LogP contribution in [0.5, 0.6) is 11.5 Å². The zero-order valence-electron chi connectivity index (χ0n) is 8.72. The van der Waals surface area contributed by atoms with E-state index in [-0.39, 0.29) is 17.1 Å². The first-order valence-corrected chi connectivity index (χ1v) is 4.78. The molecule has 1 heterocycles. The molecule has 17 heavy (non-hydrogen) atoms. The highest BCUT2D eigenvalue weighted by atomic mass is 19.1. The monoisotopic (exact) mass is 229 g/mol. The van der Waals surface area contributed by atoms with Crippen molar-refractivity contribution >= 4 is 5.69 Å². The summed E-state index contributed by atoms with van der Waals surface area (Å²) in [5, 5.41) is 8.67. The molecule has 0 aliphatic carbocycles. The molecule has 0 atom stereocenters. The third-order valence-corrected chi connectivity index (χ3v) is 2.06. The number of ether oxygens (including phenoxy) is 1. The topological polar surface area (TPSA) is 71.9 Å². The number of nitrogen functional groups attached to an aromatic ring is 1. The molecule has 1 aromatic heterocycles. The molecule has 2 rings (SSSR count). The maximum atomic E-state index is 13.4. The lowest BCUT2D eigenvalue weighted by Gasteiger charge is -2.08. The summed E-state index contributed by atoms with van der Waals surface area (Å²) < 4.78 is 18.7. The van der Waals surface area contributed by atoms with Crippen LogP contribution in [0.1, 0.15) is 5.69 Å². The van der Waals surface area contributed by atoms with Crippen LogP contribution in [0.15, 0.2) is 36.5 Å². The molecule has 0 aliphatic heterocycles. The largest absolute Gasteiger partial charge is 0.452 e. The number of hydrogen-bond donors (Lipinski definition) is 1. The van der Waals surface area contributed by atoms with E-state index in [4.69, 9.17) is 15.7 Å². The lowest BCUT2D eigenvalue weighted by molar-refractivity contribution is 0.444. The van der Waals surface area contributed by atoms with Gasteiger partial charge in [0.1, 0.15) is 17.5 Å². The molecule has 1 aromatic carbocycles. The van der Waals surface area contributed by atoms with Gasteiger partial charge in [-0.05, 0) is 18.2 Å². The van der Waals surface area contributed by atoms with Crippen molar-refractivity contribution in [2.75, 3.05) is 5.73 Å². The van der Waals surface area contributed by atoms with Gasteiger partial charge in [-0.15, -0.1) is 0 Å². The average molecular weight is 229 g/mol. The van der Waals surface area contributed by atoms with E-state index in [2.05, 4.69) is 4.98 Å². The second-order valence-corrected chi connectivity index (χ2v) is 3.25. The van der Waals surface area contributed by atoms with Crippen LogP contribution < -0.4 is 10.5 Å². The third-order valence-electron chi connectivity index (χ3n) is 2.06. The van der Waals surface area contributed by atoms with Crippen molar-refractivity contribution in [2.45, 2.75) is 0 Å². The van der Waals surface area contributed by atoms with Gasteiger partial charge in [-0.2, -0.15) is 5.26 Å². The van der Waals surface area contributed by atoms with Crippen molar-refractivity contribution in [2.24, 2.45) is 0 Å². The van der Waals surface area contributed by atoms with Crippen LogP contribution in [0.25, 0.3) is 0 Å². The number of nitrogens with zero attached hydrogens (tertiary/aromatic N) is 2. The van der Waals surface area contributed by atoms with Crippen molar-refractivity contribution in [3.05, 3.63) is 48.0 Å². The fourth-order valence-electron chi connectivity index (χ4n) is 1.29. The first kappa shape index (κ1) is 10.9. The average Bonchev–Trinajstić information content (AvgIpc) is 2.34. The third kappa shape index (κ3) is 2.32. The summed E-state index contributed by atoms with van der Waals surface area (Å²) in [5.41, 5.74) is 5.98. The Kier molecular flexibility index (Phi) is 2.88. The van der Waals surface area contributed by atoms with Gasteiger partial charge in [0.15, 0.2) is 11.6 Å². The molecular weight excluding hydrogens is 221 g/mol. The van der Waals surface area contributed by atoms with Crippen LogP contribution in [0.2, 0.25) is 0 Å². The van der Waals surface area contributed by atoms with Gasteiger partial charge in [-0.1, -0.05) is 6.07 Å². The molecule has 0 spiro atoms. The molecule has 84 valence electrons. The number of halogens is 1. The Labute approximate surface area is 97.1 Å². The van der Waals surface area contributed by atoms with Crippen LogP contribution in [0.4, 0.5) is 10.1 Å². The number of aromatic nitrogens is 1. The van der Waals surface area contributed by atoms with Crippen LogP contribution in [0, 0.1) is 17.1 Å². The number of anilines is 1. The number of nitrogens with two attached hydrogens (primary N) is 1. The standard InChI is InChI=1S/C12H8FN3O/c13-10-2-1-3-11(15)12(10)17-9-4-5-16-8(6-9)7-14/h1-6H,15H2. The van der Waals surface area contributed by atoms with Gasteiger partial charge in [0, 0.05) is 12.3 Å². The lowest BCUT2D eigenvalue weighted by atomic mass is 10.3. The number of rotatable bonds is 2. The Bertz CT molecular complexity index is 572. The molecule has 5 heteroatoms. The predicted molar refractivity (Wildman–Crippen MR) is 59.8 cm³/mol. The van der Waals surface area contributed by atoms with E-state index in [1.165, 1.54) is 36.5 Å². The molecule has 0 unspecified atom stereocenters. The quantitative estimate of drug-likeness (QED) is 0.803. The number of nitriles is 1. The summed E-state index contributed by atoms with van der Waals surface area (Å²) in [6.07, 6.45) is 1.41.